The number of para-hydroxylation sites is 1. The third-order valence-electron chi connectivity index (χ3n) is 5.77. The Bertz CT molecular complexity index is 902. The van der Waals surface area contributed by atoms with Crippen LogP contribution in [0.15, 0.2) is 28.8 Å². The van der Waals surface area contributed by atoms with E-state index in [-0.39, 0.29) is 0 Å². The Labute approximate surface area is 153 Å². The highest BCUT2D eigenvalue weighted by atomic mass is 16.5. The van der Waals surface area contributed by atoms with Crippen molar-refractivity contribution in [3.8, 4) is 5.95 Å². The molecule has 6 heteroatoms. The number of hydrogen-bond acceptors (Lipinski definition) is 5. The van der Waals surface area contributed by atoms with E-state index in [2.05, 4.69) is 29.1 Å². The van der Waals surface area contributed by atoms with E-state index in [1.807, 2.05) is 16.8 Å². The van der Waals surface area contributed by atoms with Crippen molar-refractivity contribution in [1.82, 2.24) is 24.8 Å². The van der Waals surface area contributed by atoms with Crippen molar-refractivity contribution in [2.24, 2.45) is 5.92 Å². The van der Waals surface area contributed by atoms with Gasteiger partial charge in [0.2, 0.25) is 5.89 Å². The maximum Gasteiger partial charge on any atom is 0.291 e. The van der Waals surface area contributed by atoms with E-state index >= 15 is 0 Å². The van der Waals surface area contributed by atoms with E-state index < -0.39 is 0 Å². The van der Waals surface area contributed by atoms with Crippen LogP contribution in [0, 0.1) is 5.92 Å². The fraction of sp³-hybridized carbons (Fsp3) is 0.550. The predicted molar refractivity (Wildman–Crippen MR) is 99.4 cm³/mol. The summed E-state index contributed by atoms with van der Waals surface area (Å²) >= 11 is 0. The van der Waals surface area contributed by atoms with Gasteiger partial charge in [0.1, 0.15) is 0 Å². The molecule has 2 fully saturated rings. The van der Waals surface area contributed by atoms with Crippen LogP contribution < -0.4 is 0 Å². The largest absolute Gasteiger partial charge is 0.337 e. The van der Waals surface area contributed by atoms with Gasteiger partial charge in [-0.3, -0.25) is 0 Å². The first-order valence-electron chi connectivity index (χ1n) is 9.84. The molecule has 1 aliphatic carbocycles. The summed E-state index contributed by atoms with van der Waals surface area (Å²) in [5, 5.41) is 10.1. The third-order valence-corrected chi connectivity index (χ3v) is 5.77. The SMILES string of the molecule is CCc1nn(-c2noc(C3CCN(CC4CC4)CC3)n2)c2ccccc12. The molecule has 0 bridgehead atoms. The lowest BCUT2D eigenvalue weighted by Gasteiger charge is -2.30. The van der Waals surface area contributed by atoms with Crippen LogP contribution in [-0.2, 0) is 6.42 Å². The molecule has 1 saturated heterocycles. The molecule has 1 aliphatic heterocycles. The van der Waals surface area contributed by atoms with Crippen molar-refractivity contribution < 1.29 is 4.52 Å². The molecular formula is C20H25N5O. The predicted octanol–water partition coefficient (Wildman–Crippen LogP) is 3.56. The topological polar surface area (TPSA) is 60.0 Å². The van der Waals surface area contributed by atoms with Gasteiger partial charge < -0.3 is 9.42 Å². The number of piperidine rings is 1. The summed E-state index contributed by atoms with van der Waals surface area (Å²) in [5.74, 6) is 2.65. The minimum absolute atomic E-state index is 0.374. The van der Waals surface area contributed by atoms with Gasteiger partial charge in [0.15, 0.2) is 0 Å². The van der Waals surface area contributed by atoms with E-state index in [1.54, 1.807) is 0 Å². The summed E-state index contributed by atoms with van der Waals surface area (Å²) < 4.78 is 7.46. The van der Waals surface area contributed by atoms with Gasteiger partial charge in [0.05, 0.1) is 11.2 Å². The van der Waals surface area contributed by atoms with Gasteiger partial charge in [-0.05, 0) is 62.3 Å². The second-order valence-corrected chi connectivity index (χ2v) is 7.68. The van der Waals surface area contributed by atoms with Gasteiger partial charge in [0.25, 0.3) is 5.95 Å². The summed E-state index contributed by atoms with van der Waals surface area (Å²) in [6, 6.07) is 8.24. The second-order valence-electron chi connectivity index (χ2n) is 7.68. The van der Waals surface area contributed by atoms with E-state index in [1.165, 1.54) is 19.4 Å². The summed E-state index contributed by atoms with van der Waals surface area (Å²) in [6.45, 7) is 5.68. The van der Waals surface area contributed by atoms with E-state index in [0.717, 1.165) is 60.8 Å². The Morgan fingerprint density at radius 1 is 1.12 bits per heavy atom. The zero-order chi connectivity index (χ0) is 17.5. The average Bonchev–Trinajstić information content (AvgIpc) is 3.22. The fourth-order valence-electron chi connectivity index (χ4n) is 4.05. The molecule has 0 radical (unpaired) electrons. The Morgan fingerprint density at radius 2 is 1.92 bits per heavy atom. The molecule has 0 amide bonds. The molecule has 3 heterocycles. The molecule has 1 saturated carbocycles. The molecule has 0 atom stereocenters. The first kappa shape index (κ1) is 16.0. The highest BCUT2D eigenvalue weighted by Gasteiger charge is 2.29. The van der Waals surface area contributed by atoms with E-state index in [9.17, 15) is 0 Å². The van der Waals surface area contributed by atoms with Crippen LogP contribution in [0.25, 0.3) is 16.9 Å². The van der Waals surface area contributed by atoms with Gasteiger partial charge >= 0.3 is 0 Å². The maximum absolute atomic E-state index is 5.64. The van der Waals surface area contributed by atoms with Crippen molar-refractivity contribution in [2.45, 2.75) is 44.9 Å². The number of aryl methyl sites for hydroxylation is 1. The Kier molecular flexibility index (Phi) is 4.00. The molecule has 26 heavy (non-hydrogen) atoms. The fourth-order valence-corrected chi connectivity index (χ4v) is 4.05. The zero-order valence-corrected chi connectivity index (χ0v) is 15.3. The average molecular weight is 351 g/mol. The molecule has 0 spiro atoms. The maximum atomic E-state index is 5.64. The molecule has 1 aromatic carbocycles. The highest BCUT2D eigenvalue weighted by Crippen LogP contribution is 2.33. The van der Waals surface area contributed by atoms with Crippen molar-refractivity contribution in [2.75, 3.05) is 19.6 Å². The lowest BCUT2D eigenvalue weighted by Crippen LogP contribution is -2.34. The first-order chi connectivity index (χ1) is 12.8. The molecule has 3 aromatic rings. The van der Waals surface area contributed by atoms with E-state index in [4.69, 9.17) is 14.6 Å². The quantitative estimate of drug-likeness (QED) is 0.703. The molecule has 0 unspecified atom stereocenters. The summed E-state index contributed by atoms with van der Waals surface area (Å²) in [6.07, 6.45) is 5.94. The number of rotatable bonds is 5. The third kappa shape index (κ3) is 2.92. The molecule has 2 aromatic heterocycles. The van der Waals surface area contributed by atoms with Gasteiger partial charge in [-0.15, -0.1) is 0 Å². The first-order valence-corrected chi connectivity index (χ1v) is 9.84. The smallest absolute Gasteiger partial charge is 0.291 e. The molecular weight excluding hydrogens is 326 g/mol. The summed E-state index contributed by atoms with van der Waals surface area (Å²) in [4.78, 5) is 7.30. The number of benzene rings is 1. The van der Waals surface area contributed by atoms with Crippen LogP contribution in [0.2, 0.25) is 0 Å². The Hall–Kier alpha value is -2.21. The van der Waals surface area contributed by atoms with Crippen LogP contribution >= 0.6 is 0 Å². The summed E-state index contributed by atoms with van der Waals surface area (Å²) in [5.41, 5.74) is 2.11. The van der Waals surface area contributed by atoms with Gasteiger partial charge in [-0.25, -0.2) is 0 Å². The molecule has 5 rings (SSSR count). The minimum Gasteiger partial charge on any atom is -0.337 e. The molecule has 136 valence electrons. The molecule has 2 aliphatic rings. The zero-order valence-electron chi connectivity index (χ0n) is 15.3. The summed E-state index contributed by atoms with van der Waals surface area (Å²) in [7, 11) is 0. The Morgan fingerprint density at radius 3 is 2.69 bits per heavy atom. The monoisotopic (exact) mass is 351 g/mol. The number of likely N-dealkylation sites (tertiary alicyclic amines) is 1. The second kappa shape index (κ2) is 6.50. The van der Waals surface area contributed by atoms with Gasteiger partial charge in [-0.2, -0.15) is 14.8 Å². The van der Waals surface area contributed by atoms with Gasteiger partial charge in [0, 0.05) is 17.8 Å². The molecule has 6 nitrogen and oxygen atoms in total. The van der Waals surface area contributed by atoms with Crippen molar-refractivity contribution in [3.63, 3.8) is 0 Å². The Balaban J connectivity index is 1.36. The molecule has 0 N–H and O–H groups in total. The number of aromatic nitrogens is 4. The number of fused-ring (bicyclic) bond motifs is 1. The number of hydrogen-bond donors (Lipinski definition) is 0. The van der Waals surface area contributed by atoms with Crippen molar-refractivity contribution in [1.29, 1.82) is 0 Å². The lowest BCUT2D eigenvalue weighted by molar-refractivity contribution is 0.188. The normalized spacial score (nSPS) is 19.4. The number of nitrogens with zero attached hydrogens (tertiary/aromatic N) is 5. The minimum atomic E-state index is 0.374. The van der Waals surface area contributed by atoms with Crippen molar-refractivity contribution >= 4 is 10.9 Å². The van der Waals surface area contributed by atoms with Gasteiger partial charge in [-0.1, -0.05) is 25.1 Å². The standard InChI is InChI=1S/C20H25N5O/c1-2-17-16-5-3-4-6-18(16)25(22-17)20-21-19(26-23-20)15-9-11-24(12-10-15)13-14-7-8-14/h3-6,14-15H,2,7-13H2,1H3. The highest BCUT2D eigenvalue weighted by molar-refractivity contribution is 5.83. The van der Waals surface area contributed by atoms with Crippen LogP contribution in [0.3, 0.4) is 0 Å². The van der Waals surface area contributed by atoms with Crippen molar-refractivity contribution in [3.05, 3.63) is 35.9 Å². The van der Waals surface area contributed by atoms with Crippen LogP contribution in [0.4, 0.5) is 0 Å². The lowest BCUT2D eigenvalue weighted by atomic mass is 9.96. The van der Waals surface area contributed by atoms with Crippen LogP contribution in [0.5, 0.6) is 0 Å². The van der Waals surface area contributed by atoms with E-state index in [0.29, 0.717) is 11.9 Å². The van der Waals surface area contributed by atoms with Crippen LogP contribution in [0.1, 0.15) is 50.1 Å². The van der Waals surface area contributed by atoms with Crippen LogP contribution in [-0.4, -0.2) is 44.5 Å².